The van der Waals surface area contributed by atoms with Crippen molar-refractivity contribution in [2.24, 2.45) is 0 Å². The second kappa shape index (κ2) is 5.63. The van der Waals surface area contributed by atoms with Gasteiger partial charge in [0, 0.05) is 19.6 Å². The zero-order chi connectivity index (χ0) is 12.1. The first-order chi connectivity index (χ1) is 8.22. The summed E-state index contributed by atoms with van der Waals surface area (Å²) in [5.74, 6) is 0. The van der Waals surface area contributed by atoms with Gasteiger partial charge in [-0.25, -0.2) is 0 Å². The average molecular weight is 235 g/mol. The monoisotopic (exact) mass is 235 g/mol. The molecule has 94 valence electrons. The lowest BCUT2D eigenvalue weighted by Gasteiger charge is -2.37. The molecule has 1 saturated heterocycles. The number of rotatable bonds is 4. The van der Waals surface area contributed by atoms with Gasteiger partial charge in [-0.2, -0.15) is 0 Å². The van der Waals surface area contributed by atoms with E-state index in [1.807, 2.05) is 6.07 Å². The highest BCUT2D eigenvalue weighted by molar-refractivity contribution is 5.14. The lowest BCUT2D eigenvalue weighted by atomic mass is 9.92. The summed E-state index contributed by atoms with van der Waals surface area (Å²) in [6.45, 7) is 2.68. The number of piperidine rings is 1. The molecule has 0 unspecified atom stereocenters. The molecular formula is C14H21NO2. The summed E-state index contributed by atoms with van der Waals surface area (Å²) in [4.78, 5) is 2.36. The van der Waals surface area contributed by atoms with Crippen molar-refractivity contribution < 1.29 is 10.2 Å². The predicted octanol–water partition coefficient (Wildman–Crippen LogP) is 1.05. The molecule has 1 aromatic rings. The molecule has 0 amide bonds. The van der Waals surface area contributed by atoms with Gasteiger partial charge in [0.15, 0.2) is 0 Å². The highest BCUT2D eigenvalue weighted by Gasteiger charge is 2.31. The molecule has 0 aliphatic carbocycles. The average Bonchev–Trinajstić information content (AvgIpc) is 2.39. The Kier molecular flexibility index (Phi) is 4.15. The van der Waals surface area contributed by atoms with Crippen LogP contribution in [0.3, 0.4) is 0 Å². The van der Waals surface area contributed by atoms with Crippen LogP contribution in [0.2, 0.25) is 0 Å². The van der Waals surface area contributed by atoms with Crippen molar-refractivity contribution in [3.63, 3.8) is 0 Å². The van der Waals surface area contributed by atoms with E-state index in [-0.39, 0.29) is 6.61 Å². The molecule has 1 aliphatic rings. The van der Waals surface area contributed by atoms with Gasteiger partial charge in [0.2, 0.25) is 0 Å². The minimum atomic E-state index is -0.830. The highest BCUT2D eigenvalue weighted by Crippen LogP contribution is 2.21. The predicted molar refractivity (Wildman–Crippen MR) is 67.9 cm³/mol. The Morgan fingerprint density at radius 2 is 1.76 bits per heavy atom. The Morgan fingerprint density at radius 1 is 1.12 bits per heavy atom. The SMILES string of the molecule is OCC1(O)CCN(CCc2ccccc2)CC1. The minimum absolute atomic E-state index is 0.112. The summed E-state index contributed by atoms with van der Waals surface area (Å²) in [7, 11) is 0. The van der Waals surface area contributed by atoms with Crippen LogP contribution in [0.15, 0.2) is 30.3 Å². The number of hydrogen-bond donors (Lipinski definition) is 2. The van der Waals surface area contributed by atoms with E-state index >= 15 is 0 Å². The number of hydrogen-bond acceptors (Lipinski definition) is 3. The maximum atomic E-state index is 9.91. The number of nitrogens with zero attached hydrogens (tertiary/aromatic N) is 1. The van der Waals surface area contributed by atoms with Crippen LogP contribution >= 0.6 is 0 Å². The third kappa shape index (κ3) is 3.53. The van der Waals surface area contributed by atoms with Crippen molar-refractivity contribution in [2.75, 3.05) is 26.2 Å². The van der Waals surface area contributed by atoms with Crippen LogP contribution in [0.1, 0.15) is 18.4 Å². The van der Waals surface area contributed by atoms with E-state index in [1.165, 1.54) is 5.56 Å². The van der Waals surface area contributed by atoms with E-state index in [0.717, 1.165) is 26.1 Å². The molecule has 3 nitrogen and oxygen atoms in total. The third-order valence-electron chi connectivity index (χ3n) is 3.64. The molecule has 1 fully saturated rings. The van der Waals surface area contributed by atoms with Crippen molar-refractivity contribution in [1.82, 2.24) is 4.90 Å². The molecular weight excluding hydrogens is 214 g/mol. The van der Waals surface area contributed by atoms with Crippen molar-refractivity contribution >= 4 is 0 Å². The zero-order valence-corrected chi connectivity index (χ0v) is 10.2. The van der Waals surface area contributed by atoms with Gasteiger partial charge in [-0.05, 0) is 24.8 Å². The number of aliphatic hydroxyl groups is 2. The molecule has 2 rings (SSSR count). The van der Waals surface area contributed by atoms with Crippen LogP contribution in [0.4, 0.5) is 0 Å². The van der Waals surface area contributed by atoms with Gasteiger partial charge in [-0.15, -0.1) is 0 Å². The Hall–Kier alpha value is -0.900. The van der Waals surface area contributed by atoms with Gasteiger partial charge in [0.05, 0.1) is 12.2 Å². The molecule has 0 aromatic heterocycles. The summed E-state index contributed by atoms with van der Waals surface area (Å²) in [5, 5.41) is 19.0. The fraction of sp³-hybridized carbons (Fsp3) is 0.571. The number of benzene rings is 1. The van der Waals surface area contributed by atoms with Gasteiger partial charge in [-0.1, -0.05) is 30.3 Å². The number of likely N-dealkylation sites (tertiary alicyclic amines) is 1. The van der Waals surface area contributed by atoms with Crippen LogP contribution < -0.4 is 0 Å². The lowest BCUT2D eigenvalue weighted by Crippen LogP contribution is -2.47. The van der Waals surface area contributed by atoms with Gasteiger partial charge in [0.1, 0.15) is 0 Å². The first-order valence-corrected chi connectivity index (χ1v) is 6.31. The fourth-order valence-corrected chi connectivity index (χ4v) is 2.28. The van der Waals surface area contributed by atoms with Gasteiger partial charge < -0.3 is 15.1 Å². The van der Waals surface area contributed by atoms with Crippen molar-refractivity contribution in [1.29, 1.82) is 0 Å². The maximum absolute atomic E-state index is 9.91. The van der Waals surface area contributed by atoms with E-state index in [9.17, 15) is 5.11 Å². The van der Waals surface area contributed by atoms with E-state index in [0.29, 0.717) is 12.8 Å². The summed E-state index contributed by atoms with van der Waals surface area (Å²) in [6, 6.07) is 10.5. The second-order valence-corrected chi connectivity index (χ2v) is 4.96. The highest BCUT2D eigenvalue weighted by atomic mass is 16.3. The lowest BCUT2D eigenvalue weighted by molar-refractivity contribution is -0.0591. The summed E-state index contributed by atoms with van der Waals surface area (Å²) in [6.07, 6.45) is 2.41. The zero-order valence-electron chi connectivity index (χ0n) is 10.2. The smallest absolute Gasteiger partial charge is 0.0901 e. The largest absolute Gasteiger partial charge is 0.393 e. The Labute approximate surface area is 103 Å². The standard InChI is InChI=1S/C14H21NO2/c16-12-14(17)7-10-15(11-8-14)9-6-13-4-2-1-3-5-13/h1-5,16-17H,6-12H2. The van der Waals surface area contributed by atoms with Gasteiger partial charge >= 0.3 is 0 Å². The molecule has 0 bridgehead atoms. The van der Waals surface area contributed by atoms with Crippen molar-refractivity contribution in [3.05, 3.63) is 35.9 Å². The fourth-order valence-electron chi connectivity index (χ4n) is 2.28. The summed E-state index contributed by atoms with van der Waals surface area (Å²) < 4.78 is 0. The van der Waals surface area contributed by atoms with Gasteiger partial charge in [0.25, 0.3) is 0 Å². The van der Waals surface area contributed by atoms with Crippen molar-refractivity contribution in [3.8, 4) is 0 Å². The van der Waals surface area contributed by atoms with Gasteiger partial charge in [-0.3, -0.25) is 0 Å². The topological polar surface area (TPSA) is 43.7 Å². The molecule has 0 spiro atoms. The Balaban J connectivity index is 1.75. The van der Waals surface area contributed by atoms with Crippen LogP contribution in [-0.2, 0) is 6.42 Å². The van der Waals surface area contributed by atoms with E-state index in [4.69, 9.17) is 5.11 Å². The molecule has 0 atom stereocenters. The molecule has 1 heterocycles. The number of aliphatic hydroxyl groups excluding tert-OH is 1. The van der Waals surface area contributed by atoms with Crippen molar-refractivity contribution in [2.45, 2.75) is 24.9 Å². The second-order valence-electron chi connectivity index (χ2n) is 4.96. The first-order valence-electron chi connectivity index (χ1n) is 6.31. The summed E-state index contributed by atoms with van der Waals surface area (Å²) in [5.41, 5.74) is 0.527. The Bertz CT molecular complexity index is 331. The molecule has 17 heavy (non-hydrogen) atoms. The molecule has 2 N–H and O–H groups in total. The molecule has 1 aliphatic heterocycles. The van der Waals surface area contributed by atoms with E-state index in [2.05, 4.69) is 29.2 Å². The van der Waals surface area contributed by atoms with Crippen LogP contribution in [0.5, 0.6) is 0 Å². The summed E-state index contributed by atoms with van der Waals surface area (Å²) >= 11 is 0. The molecule has 0 saturated carbocycles. The van der Waals surface area contributed by atoms with Crippen LogP contribution in [0.25, 0.3) is 0 Å². The van der Waals surface area contributed by atoms with Crippen LogP contribution in [-0.4, -0.2) is 47.0 Å². The Morgan fingerprint density at radius 3 is 2.35 bits per heavy atom. The third-order valence-corrected chi connectivity index (χ3v) is 3.64. The maximum Gasteiger partial charge on any atom is 0.0901 e. The van der Waals surface area contributed by atoms with Crippen LogP contribution in [0, 0.1) is 0 Å². The first kappa shape index (κ1) is 12.6. The van der Waals surface area contributed by atoms with E-state index in [1.54, 1.807) is 0 Å². The quantitative estimate of drug-likeness (QED) is 0.820. The minimum Gasteiger partial charge on any atom is -0.393 e. The normalized spacial score (nSPS) is 20.4. The molecule has 1 aromatic carbocycles. The van der Waals surface area contributed by atoms with E-state index < -0.39 is 5.60 Å². The molecule has 0 radical (unpaired) electrons. The molecule has 3 heteroatoms.